The second-order valence-electron chi connectivity index (χ2n) is 7.55. The fraction of sp³-hybridized carbons (Fsp3) is 0.409. The third-order valence-electron chi connectivity index (χ3n) is 5.34. The van der Waals surface area contributed by atoms with Crippen LogP contribution in [0, 0.1) is 5.92 Å². The summed E-state index contributed by atoms with van der Waals surface area (Å²) in [5.41, 5.74) is 1.83. The Balaban J connectivity index is 1.42. The van der Waals surface area contributed by atoms with Crippen LogP contribution in [0.3, 0.4) is 0 Å². The zero-order valence-corrected chi connectivity index (χ0v) is 19.8. The van der Waals surface area contributed by atoms with Gasteiger partial charge in [0.2, 0.25) is 15.9 Å². The minimum absolute atomic E-state index is 0.0122. The number of halogens is 2. The molecular formula is C22H26BrClN2O3S. The van der Waals surface area contributed by atoms with Gasteiger partial charge in [-0.1, -0.05) is 57.9 Å². The molecule has 1 amide bonds. The predicted octanol–water partition coefficient (Wildman–Crippen LogP) is 4.39. The Morgan fingerprint density at radius 2 is 1.87 bits per heavy atom. The van der Waals surface area contributed by atoms with Gasteiger partial charge < -0.3 is 5.32 Å². The number of carbonyl (C=O) groups excluding carboxylic acids is 1. The monoisotopic (exact) mass is 512 g/mol. The first-order valence-electron chi connectivity index (χ1n) is 10.1. The summed E-state index contributed by atoms with van der Waals surface area (Å²) in [5.74, 6) is -0.147. The van der Waals surface area contributed by atoms with Crippen molar-refractivity contribution in [3.8, 4) is 0 Å². The van der Waals surface area contributed by atoms with E-state index >= 15 is 0 Å². The standard InChI is InChI=1S/C22H26BrClN2O3S/c23-20-8-3-5-17(15-20)16-30(28,29)26-13-10-19(11-14-26)22(27)25-12-4-7-18-6-1-2-9-21(18)24/h1-3,5-6,8-9,15,19H,4,7,10-14,16H2,(H,25,27). The van der Waals surface area contributed by atoms with E-state index in [1.54, 1.807) is 0 Å². The SMILES string of the molecule is O=C(NCCCc1ccccc1Cl)C1CCN(S(=O)(=O)Cc2cccc(Br)c2)CC1. The van der Waals surface area contributed by atoms with Gasteiger partial charge in [-0.3, -0.25) is 4.79 Å². The average Bonchev–Trinajstić information content (AvgIpc) is 2.72. The van der Waals surface area contributed by atoms with Gasteiger partial charge in [0.25, 0.3) is 0 Å². The molecule has 0 aliphatic carbocycles. The van der Waals surface area contributed by atoms with Crippen LogP contribution in [0.1, 0.15) is 30.4 Å². The second-order valence-corrected chi connectivity index (χ2v) is 10.8. The lowest BCUT2D eigenvalue weighted by molar-refractivity contribution is -0.126. The lowest BCUT2D eigenvalue weighted by Gasteiger charge is -2.30. The molecule has 0 aromatic heterocycles. The maximum Gasteiger partial charge on any atom is 0.223 e. The zero-order chi connectivity index (χ0) is 21.6. The van der Waals surface area contributed by atoms with Crippen molar-refractivity contribution in [2.75, 3.05) is 19.6 Å². The summed E-state index contributed by atoms with van der Waals surface area (Å²) in [6.07, 6.45) is 2.73. The van der Waals surface area contributed by atoms with Gasteiger partial charge in [0.1, 0.15) is 0 Å². The van der Waals surface area contributed by atoms with E-state index < -0.39 is 10.0 Å². The summed E-state index contributed by atoms with van der Waals surface area (Å²) in [6.45, 7) is 1.35. The van der Waals surface area contributed by atoms with Gasteiger partial charge in [0, 0.05) is 35.0 Å². The zero-order valence-electron chi connectivity index (χ0n) is 16.7. The van der Waals surface area contributed by atoms with E-state index in [4.69, 9.17) is 11.6 Å². The van der Waals surface area contributed by atoms with Crippen LogP contribution in [0.4, 0.5) is 0 Å². The molecule has 8 heteroatoms. The van der Waals surface area contributed by atoms with Gasteiger partial charge in [-0.2, -0.15) is 0 Å². The molecule has 5 nitrogen and oxygen atoms in total. The smallest absolute Gasteiger partial charge is 0.223 e. The molecule has 0 saturated carbocycles. The van der Waals surface area contributed by atoms with Crippen molar-refractivity contribution in [1.29, 1.82) is 0 Å². The van der Waals surface area contributed by atoms with Crippen LogP contribution in [-0.4, -0.2) is 38.3 Å². The molecular weight excluding hydrogens is 488 g/mol. The number of aryl methyl sites for hydroxylation is 1. The predicted molar refractivity (Wildman–Crippen MR) is 124 cm³/mol. The minimum Gasteiger partial charge on any atom is -0.356 e. The van der Waals surface area contributed by atoms with Crippen LogP contribution in [0.5, 0.6) is 0 Å². The third kappa shape index (κ3) is 6.54. The van der Waals surface area contributed by atoms with E-state index in [2.05, 4.69) is 21.2 Å². The quantitative estimate of drug-likeness (QED) is 0.532. The van der Waals surface area contributed by atoms with Crippen LogP contribution in [0.15, 0.2) is 53.0 Å². The molecule has 1 aliphatic rings. The van der Waals surface area contributed by atoms with E-state index in [0.717, 1.165) is 33.5 Å². The maximum atomic E-state index is 12.7. The Kier molecular flexibility index (Phi) is 8.34. The molecule has 1 N–H and O–H groups in total. The van der Waals surface area contributed by atoms with Gasteiger partial charge in [0.05, 0.1) is 5.75 Å². The van der Waals surface area contributed by atoms with E-state index in [0.29, 0.717) is 32.5 Å². The fourth-order valence-electron chi connectivity index (χ4n) is 3.66. The normalized spacial score (nSPS) is 15.8. The molecule has 1 aliphatic heterocycles. The summed E-state index contributed by atoms with van der Waals surface area (Å²) in [5, 5.41) is 3.74. The average molecular weight is 514 g/mol. The first-order valence-corrected chi connectivity index (χ1v) is 12.9. The number of amides is 1. The number of nitrogens with one attached hydrogen (secondary N) is 1. The third-order valence-corrected chi connectivity index (χ3v) is 8.05. The lowest BCUT2D eigenvalue weighted by Crippen LogP contribution is -2.43. The van der Waals surface area contributed by atoms with Gasteiger partial charge in [-0.05, 0) is 55.0 Å². The van der Waals surface area contributed by atoms with Gasteiger partial charge in [0.15, 0.2) is 0 Å². The van der Waals surface area contributed by atoms with Gasteiger partial charge in [-0.15, -0.1) is 0 Å². The van der Waals surface area contributed by atoms with Crippen molar-refractivity contribution in [2.45, 2.75) is 31.4 Å². The summed E-state index contributed by atoms with van der Waals surface area (Å²) in [4.78, 5) is 12.5. The fourth-order valence-corrected chi connectivity index (χ4v) is 5.89. The van der Waals surface area contributed by atoms with E-state index in [1.807, 2.05) is 48.5 Å². The highest BCUT2D eigenvalue weighted by Gasteiger charge is 2.31. The highest BCUT2D eigenvalue weighted by Crippen LogP contribution is 2.23. The van der Waals surface area contributed by atoms with Crippen LogP contribution in [0.2, 0.25) is 5.02 Å². The highest BCUT2D eigenvalue weighted by atomic mass is 79.9. The minimum atomic E-state index is -3.39. The Bertz CT molecular complexity index is 976. The Morgan fingerprint density at radius 3 is 2.57 bits per heavy atom. The van der Waals surface area contributed by atoms with Crippen molar-refractivity contribution in [3.05, 3.63) is 69.2 Å². The molecule has 30 heavy (non-hydrogen) atoms. The number of hydrogen-bond donors (Lipinski definition) is 1. The van der Waals surface area contributed by atoms with Crippen molar-refractivity contribution < 1.29 is 13.2 Å². The number of piperidine rings is 1. The van der Waals surface area contributed by atoms with Crippen molar-refractivity contribution in [1.82, 2.24) is 9.62 Å². The molecule has 2 aromatic carbocycles. The maximum absolute atomic E-state index is 12.7. The molecule has 3 rings (SSSR count). The summed E-state index contributed by atoms with van der Waals surface area (Å²) in [7, 11) is -3.39. The van der Waals surface area contributed by atoms with E-state index in [-0.39, 0.29) is 17.6 Å². The molecule has 0 spiro atoms. The molecule has 0 radical (unpaired) electrons. The highest BCUT2D eigenvalue weighted by molar-refractivity contribution is 9.10. The van der Waals surface area contributed by atoms with Crippen LogP contribution in [0.25, 0.3) is 0 Å². The topological polar surface area (TPSA) is 66.5 Å². The summed E-state index contributed by atoms with van der Waals surface area (Å²) >= 11 is 9.53. The number of sulfonamides is 1. The van der Waals surface area contributed by atoms with E-state index in [1.165, 1.54) is 4.31 Å². The molecule has 0 atom stereocenters. The lowest BCUT2D eigenvalue weighted by atomic mass is 9.97. The van der Waals surface area contributed by atoms with Crippen LogP contribution in [-0.2, 0) is 27.0 Å². The van der Waals surface area contributed by atoms with Crippen LogP contribution >= 0.6 is 27.5 Å². The van der Waals surface area contributed by atoms with Gasteiger partial charge >= 0.3 is 0 Å². The van der Waals surface area contributed by atoms with Crippen LogP contribution < -0.4 is 5.32 Å². The largest absolute Gasteiger partial charge is 0.356 e. The molecule has 0 bridgehead atoms. The number of nitrogens with zero attached hydrogens (tertiary/aromatic N) is 1. The van der Waals surface area contributed by atoms with E-state index in [9.17, 15) is 13.2 Å². The summed E-state index contributed by atoms with van der Waals surface area (Å²) in [6, 6.07) is 15.1. The molecule has 1 heterocycles. The van der Waals surface area contributed by atoms with Crippen molar-refractivity contribution >= 4 is 43.5 Å². The number of benzene rings is 2. The Morgan fingerprint density at radius 1 is 1.13 bits per heavy atom. The van der Waals surface area contributed by atoms with Crippen molar-refractivity contribution in [3.63, 3.8) is 0 Å². The first kappa shape index (κ1) is 23.3. The molecule has 1 fully saturated rings. The molecule has 1 saturated heterocycles. The molecule has 0 unspecified atom stereocenters. The Hall–Kier alpha value is -1.41. The Labute approximate surface area is 192 Å². The number of carbonyl (C=O) groups is 1. The molecule has 162 valence electrons. The molecule has 2 aromatic rings. The van der Waals surface area contributed by atoms with Gasteiger partial charge in [-0.25, -0.2) is 12.7 Å². The van der Waals surface area contributed by atoms with Crippen molar-refractivity contribution in [2.24, 2.45) is 5.92 Å². The summed E-state index contributed by atoms with van der Waals surface area (Å²) < 4.78 is 27.8. The first-order chi connectivity index (χ1) is 14.3. The number of hydrogen-bond acceptors (Lipinski definition) is 3. The second kappa shape index (κ2) is 10.8. The number of rotatable bonds is 8.